The summed E-state index contributed by atoms with van der Waals surface area (Å²) in [5.41, 5.74) is 1.37. The molecule has 1 aromatic carbocycles. The van der Waals surface area contributed by atoms with Gasteiger partial charge >= 0.3 is 0 Å². The number of benzene rings is 1. The average molecular weight is 303 g/mol. The molecule has 0 heterocycles. The van der Waals surface area contributed by atoms with Crippen LogP contribution in [0.4, 0.5) is 0 Å². The van der Waals surface area contributed by atoms with Crippen LogP contribution in [0.3, 0.4) is 0 Å². The highest BCUT2D eigenvalue weighted by Gasteiger charge is 2.20. The van der Waals surface area contributed by atoms with Crippen molar-refractivity contribution in [1.82, 2.24) is 5.32 Å². The van der Waals surface area contributed by atoms with Gasteiger partial charge in [-0.05, 0) is 56.7 Å². The topological polar surface area (TPSA) is 55.4 Å². The largest absolute Gasteiger partial charge is 0.496 e. The van der Waals surface area contributed by atoms with Gasteiger partial charge in [-0.2, -0.15) is 0 Å². The van der Waals surface area contributed by atoms with Crippen LogP contribution < -0.4 is 10.1 Å². The molecule has 1 N–H and O–H groups in total. The number of ketones is 1. The number of methoxy groups -OCH3 is 1. The van der Waals surface area contributed by atoms with Crippen LogP contribution in [-0.2, 0) is 11.2 Å². The van der Waals surface area contributed by atoms with E-state index in [1.807, 2.05) is 0 Å². The summed E-state index contributed by atoms with van der Waals surface area (Å²) in [5.74, 6) is 1.40. The third kappa shape index (κ3) is 4.33. The Bertz CT molecular complexity index is 545. The molecule has 0 aliphatic heterocycles. The summed E-state index contributed by atoms with van der Waals surface area (Å²) in [6, 6.07) is 5.52. The number of rotatable bonds is 5. The van der Waals surface area contributed by atoms with Crippen LogP contribution in [0, 0.1) is 5.92 Å². The lowest BCUT2D eigenvalue weighted by molar-refractivity contribution is -0.121. The lowest BCUT2D eigenvalue weighted by Crippen LogP contribution is -2.38. The summed E-state index contributed by atoms with van der Waals surface area (Å²) in [4.78, 5) is 23.7. The van der Waals surface area contributed by atoms with Crippen LogP contribution >= 0.6 is 0 Å². The fourth-order valence-electron chi connectivity index (χ4n) is 2.99. The highest BCUT2D eigenvalue weighted by Crippen LogP contribution is 2.24. The minimum Gasteiger partial charge on any atom is -0.496 e. The number of carbonyl (C=O) groups is 2. The highest BCUT2D eigenvalue weighted by molar-refractivity contribution is 5.94. The Balaban J connectivity index is 2.01. The predicted octanol–water partition coefficient (Wildman–Crippen LogP) is 3.14. The molecule has 0 saturated heterocycles. The Morgan fingerprint density at radius 1 is 1.23 bits per heavy atom. The van der Waals surface area contributed by atoms with Gasteiger partial charge in [0, 0.05) is 17.2 Å². The van der Waals surface area contributed by atoms with Crippen LogP contribution in [0.5, 0.6) is 5.75 Å². The number of amides is 1. The van der Waals surface area contributed by atoms with Gasteiger partial charge < -0.3 is 10.1 Å². The molecule has 1 amide bonds. The minimum atomic E-state index is -0.00872. The van der Waals surface area contributed by atoms with Gasteiger partial charge in [0.2, 0.25) is 5.91 Å². The monoisotopic (exact) mass is 303 g/mol. The van der Waals surface area contributed by atoms with Crippen molar-refractivity contribution >= 4 is 11.7 Å². The van der Waals surface area contributed by atoms with E-state index < -0.39 is 0 Å². The summed E-state index contributed by atoms with van der Waals surface area (Å²) in [6.07, 6.45) is 4.70. The van der Waals surface area contributed by atoms with Gasteiger partial charge in [-0.1, -0.05) is 6.92 Å². The van der Waals surface area contributed by atoms with Crippen molar-refractivity contribution in [3.05, 3.63) is 29.3 Å². The van der Waals surface area contributed by atoms with Gasteiger partial charge in [0.1, 0.15) is 5.75 Å². The number of carbonyl (C=O) groups excluding carboxylic acids is 2. The number of nitrogens with one attached hydrogen (secondary N) is 1. The third-order valence-electron chi connectivity index (χ3n) is 4.42. The molecule has 4 nitrogen and oxygen atoms in total. The van der Waals surface area contributed by atoms with Crippen LogP contribution in [0.2, 0.25) is 0 Å². The maximum absolute atomic E-state index is 12.3. The van der Waals surface area contributed by atoms with E-state index in [0.29, 0.717) is 11.3 Å². The van der Waals surface area contributed by atoms with E-state index in [1.165, 1.54) is 19.8 Å². The minimum absolute atomic E-state index is 0.00134. The summed E-state index contributed by atoms with van der Waals surface area (Å²) >= 11 is 0. The Morgan fingerprint density at radius 3 is 2.50 bits per heavy atom. The quantitative estimate of drug-likeness (QED) is 0.850. The summed E-state index contributed by atoms with van der Waals surface area (Å²) in [7, 11) is 1.58. The lowest BCUT2D eigenvalue weighted by atomic mass is 9.87. The second-order valence-corrected chi connectivity index (χ2v) is 6.28. The van der Waals surface area contributed by atoms with E-state index >= 15 is 0 Å². The maximum Gasteiger partial charge on any atom is 0.224 e. The Morgan fingerprint density at radius 2 is 1.91 bits per heavy atom. The average Bonchev–Trinajstić information content (AvgIpc) is 2.49. The second kappa shape index (κ2) is 7.43. The second-order valence-electron chi connectivity index (χ2n) is 6.28. The number of hydrogen-bond acceptors (Lipinski definition) is 3. The first-order valence-corrected chi connectivity index (χ1v) is 7.96. The zero-order valence-electron chi connectivity index (χ0n) is 13.6. The molecule has 22 heavy (non-hydrogen) atoms. The van der Waals surface area contributed by atoms with Crippen LogP contribution in [0.25, 0.3) is 0 Å². The molecular weight excluding hydrogens is 278 g/mol. The molecule has 2 rings (SSSR count). The van der Waals surface area contributed by atoms with Crippen molar-refractivity contribution in [2.45, 2.75) is 52.0 Å². The molecule has 1 saturated carbocycles. The predicted molar refractivity (Wildman–Crippen MR) is 86.3 cm³/mol. The van der Waals surface area contributed by atoms with E-state index in [0.717, 1.165) is 24.3 Å². The van der Waals surface area contributed by atoms with Gasteiger partial charge in [0.05, 0.1) is 13.5 Å². The molecule has 1 fully saturated rings. The maximum atomic E-state index is 12.3. The molecule has 0 atom stereocenters. The smallest absolute Gasteiger partial charge is 0.224 e. The van der Waals surface area contributed by atoms with E-state index in [1.54, 1.807) is 25.3 Å². The highest BCUT2D eigenvalue weighted by atomic mass is 16.5. The fourth-order valence-corrected chi connectivity index (χ4v) is 2.99. The first kappa shape index (κ1) is 16.5. The zero-order valence-corrected chi connectivity index (χ0v) is 13.6. The molecule has 0 bridgehead atoms. The molecule has 1 aromatic rings. The zero-order chi connectivity index (χ0) is 16.1. The van der Waals surface area contributed by atoms with Crippen LogP contribution in [0.1, 0.15) is 55.5 Å². The Hall–Kier alpha value is -1.84. The van der Waals surface area contributed by atoms with E-state index in [2.05, 4.69) is 12.2 Å². The van der Waals surface area contributed by atoms with Crippen molar-refractivity contribution in [2.24, 2.45) is 5.92 Å². The van der Waals surface area contributed by atoms with Crippen molar-refractivity contribution in [3.8, 4) is 5.75 Å². The molecule has 0 spiro atoms. The third-order valence-corrected chi connectivity index (χ3v) is 4.42. The number of Topliss-reactive ketones (excluding diaryl/α,β-unsaturated/α-hetero) is 1. The normalized spacial score (nSPS) is 21.2. The molecule has 0 unspecified atom stereocenters. The van der Waals surface area contributed by atoms with E-state index in [4.69, 9.17) is 4.74 Å². The van der Waals surface area contributed by atoms with Crippen molar-refractivity contribution in [1.29, 1.82) is 0 Å². The van der Waals surface area contributed by atoms with Gasteiger partial charge in [-0.25, -0.2) is 0 Å². The van der Waals surface area contributed by atoms with Crippen molar-refractivity contribution in [3.63, 3.8) is 0 Å². The molecule has 1 aliphatic rings. The molecule has 0 radical (unpaired) electrons. The van der Waals surface area contributed by atoms with Gasteiger partial charge in [-0.3, -0.25) is 9.59 Å². The van der Waals surface area contributed by atoms with Gasteiger partial charge in [-0.15, -0.1) is 0 Å². The molecule has 0 aromatic heterocycles. The van der Waals surface area contributed by atoms with Gasteiger partial charge in [0.15, 0.2) is 5.78 Å². The fraction of sp³-hybridized carbons (Fsp3) is 0.556. The lowest BCUT2D eigenvalue weighted by Gasteiger charge is -2.27. The van der Waals surface area contributed by atoms with E-state index in [-0.39, 0.29) is 24.2 Å². The molecule has 1 aliphatic carbocycles. The number of hydrogen-bond donors (Lipinski definition) is 1. The van der Waals surface area contributed by atoms with Gasteiger partial charge in [0.25, 0.3) is 0 Å². The van der Waals surface area contributed by atoms with E-state index in [9.17, 15) is 9.59 Å². The Labute approximate surface area is 132 Å². The molecule has 120 valence electrons. The van der Waals surface area contributed by atoms with Crippen LogP contribution in [0.15, 0.2) is 18.2 Å². The first-order chi connectivity index (χ1) is 10.5. The Kier molecular flexibility index (Phi) is 5.58. The summed E-state index contributed by atoms with van der Waals surface area (Å²) < 4.78 is 5.29. The SMILES string of the molecule is COc1ccc(C(C)=O)cc1CC(=O)NC1CCC(C)CC1. The number of ether oxygens (including phenoxy) is 1. The van der Waals surface area contributed by atoms with Crippen molar-refractivity contribution in [2.75, 3.05) is 7.11 Å². The standard InChI is InChI=1S/C18H25NO3/c1-12-4-7-16(8-5-12)19-18(21)11-15-10-14(13(2)20)6-9-17(15)22-3/h6,9-10,12,16H,4-5,7-8,11H2,1-3H3,(H,19,21). The van der Waals surface area contributed by atoms with Crippen molar-refractivity contribution < 1.29 is 14.3 Å². The summed E-state index contributed by atoms with van der Waals surface area (Å²) in [5, 5.41) is 3.11. The van der Waals surface area contributed by atoms with Crippen LogP contribution in [-0.4, -0.2) is 24.8 Å². The molecular formula is C18H25NO3. The first-order valence-electron chi connectivity index (χ1n) is 7.96. The summed E-state index contributed by atoms with van der Waals surface area (Å²) in [6.45, 7) is 3.78. The molecule has 4 heteroatoms.